The fourth-order valence-corrected chi connectivity index (χ4v) is 2.47. The van der Waals surface area contributed by atoms with Crippen molar-refractivity contribution in [2.75, 3.05) is 12.4 Å². The van der Waals surface area contributed by atoms with Crippen LogP contribution in [0, 0.1) is 0 Å². The average molecular weight is 309 g/mol. The van der Waals surface area contributed by atoms with Crippen LogP contribution in [0.3, 0.4) is 0 Å². The SMILES string of the molecule is OB(O)c1cccc(OCCSc2ccc(Cl)cc2)c1. The van der Waals surface area contributed by atoms with Crippen molar-refractivity contribution in [1.29, 1.82) is 0 Å². The highest BCUT2D eigenvalue weighted by Gasteiger charge is 2.10. The molecule has 3 nitrogen and oxygen atoms in total. The minimum Gasteiger partial charge on any atom is -0.493 e. The van der Waals surface area contributed by atoms with Crippen LogP contribution in [0.4, 0.5) is 0 Å². The van der Waals surface area contributed by atoms with Crippen LogP contribution >= 0.6 is 23.4 Å². The molecule has 0 radical (unpaired) electrons. The minimum absolute atomic E-state index is 0.424. The van der Waals surface area contributed by atoms with Gasteiger partial charge in [0.2, 0.25) is 0 Å². The number of rotatable bonds is 6. The summed E-state index contributed by atoms with van der Waals surface area (Å²) < 4.78 is 5.57. The molecule has 20 heavy (non-hydrogen) atoms. The van der Waals surface area contributed by atoms with Gasteiger partial charge in [-0.05, 0) is 41.9 Å². The van der Waals surface area contributed by atoms with E-state index in [1.165, 1.54) is 0 Å². The van der Waals surface area contributed by atoms with Gasteiger partial charge in [-0.15, -0.1) is 11.8 Å². The molecule has 104 valence electrons. The molecule has 2 aromatic carbocycles. The van der Waals surface area contributed by atoms with Gasteiger partial charge in [-0.2, -0.15) is 0 Å². The topological polar surface area (TPSA) is 49.7 Å². The summed E-state index contributed by atoms with van der Waals surface area (Å²) in [5.41, 5.74) is 0.424. The summed E-state index contributed by atoms with van der Waals surface area (Å²) >= 11 is 7.50. The van der Waals surface area contributed by atoms with E-state index >= 15 is 0 Å². The second kappa shape index (κ2) is 7.60. The smallest absolute Gasteiger partial charge is 0.488 e. The first kappa shape index (κ1) is 15.3. The Kier molecular flexibility index (Phi) is 5.79. The first-order valence-corrected chi connectivity index (χ1v) is 7.49. The Bertz CT molecular complexity index is 548. The van der Waals surface area contributed by atoms with E-state index in [1.54, 1.807) is 36.0 Å². The third-order valence-electron chi connectivity index (χ3n) is 2.59. The van der Waals surface area contributed by atoms with Crippen LogP contribution in [0.25, 0.3) is 0 Å². The lowest BCUT2D eigenvalue weighted by atomic mass is 9.80. The number of halogens is 1. The molecule has 0 atom stereocenters. The monoisotopic (exact) mass is 308 g/mol. The quantitative estimate of drug-likeness (QED) is 0.488. The largest absolute Gasteiger partial charge is 0.493 e. The summed E-state index contributed by atoms with van der Waals surface area (Å²) in [6.07, 6.45) is 0. The Morgan fingerprint density at radius 1 is 1.10 bits per heavy atom. The molecule has 0 unspecified atom stereocenters. The molecule has 0 bridgehead atoms. The third kappa shape index (κ3) is 4.76. The maximum atomic E-state index is 9.08. The maximum Gasteiger partial charge on any atom is 0.488 e. The van der Waals surface area contributed by atoms with Gasteiger partial charge < -0.3 is 14.8 Å². The van der Waals surface area contributed by atoms with E-state index < -0.39 is 7.12 Å². The van der Waals surface area contributed by atoms with Crippen LogP contribution in [0.5, 0.6) is 5.75 Å². The molecular weight excluding hydrogens is 294 g/mol. The van der Waals surface area contributed by atoms with Gasteiger partial charge in [0.1, 0.15) is 5.75 Å². The molecule has 0 amide bonds. The number of thioether (sulfide) groups is 1. The van der Waals surface area contributed by atoms with Gasteiger partial charge in [0.05, 0.1) is 6.61 Å². The molecule has 2 aromatic rings. The van der Waals surface area contributed by atoms with Crippen LogP contribution in [-0.2, 0) is 0 Å². The summed E-state index contributed by atoms with van der Waals surface area (Å²) in [5, 5.41) is 18.9. The Hall–Kier alpha value is -1.14. The van der Waals surface area contributed by atoms with Crippen molar-refractivity contribution in [1.82, 2.24) is 0 Å². The van der Waals surface area contributed by atoms with Crippen molar-refractivity contribution in [3.8, 4) is 5.75 Å². The van der Waals surface area contributed by atoms with E-state index in [9.17, 15) is 0 Å². The number of benzene rings is 2. The summed E-state index contributed by atoms with van der Waals surface area (Å²) in [4.78, 5) is 1.14. The Morgan fingerprint density at radius 2 is 1.85 bits per heavy atom. The van der Waals surface area contributed by atoms with Gasteiger partial charge in [0, 0.05) is 15.7 Å². The predicted molar refractivity (Wildman–Crippen MR) is 83.9 cm³/mol. The van der Waals surface area contributed by atoms with E-state index in [4.69, 9.17) is 26.4 Å². The van der Waals surface area contributed by atoms with Crippen molar-refractivity contribution in [2.45, 2.75) is 4.90 Å². The van der Waals surface area contributed by atoms with Crippen LogP contribution in [0.2, 0.25) is 5.02 Å². The minimum atomic E-state index is -1.47. The lowest BCUT2D eigenvalue weighted by molar-refractivity contribution is 0.344. The summed E-state index contributed by atoms with van der Waals surface area (Å²) in [6, 6.07) is 14.4. The normalized spacial score (nSPS) is 10.3. The van der Waals surface area contributed by atoms with Crippen LogP contribution in [-0.4, -0.2) is 29.5 Å². The first-order valence-electron chi connectivity index (χ1n) is 6.12. The van der Waals surface area contributed by atoms with Gasteiger partial charge in [-0.1, -0.05) is 23.7 Å². The molecule has 0 aliphatic carbocycles. The van der Waals surface area contributed by atoms with E-state index in [2.05, 4.69) is 0 Å². The molecule has 0 heterocycles. The second-order valence-electron chi connectivity index (χ2n) is 4.10. The highest BCUT2D eigenvalue weighted by Crippen LogP contribution is 2.20. The Labute approximate surface area is 127 Å². The van der Waals surface area contributed by atoms with Crippen molar-refractivity contribution < 1.29 is 14.8 Å². The number of hydrogen-bond donors (Lipinski definition) is 2. The van der Waals surface area contributed by atoms with E-state index in [1.807, 2.05) is 24.3 Å². The number of hydrogen-bond acceptors (Lipinski definition) is 4. The summed E-state index contributed by atoms with van der Waals surface area (Å²) in [6.45, 7) is 0.540. The van der Waals surface area contributed by atoms with Crippen LogP contribution in [0.15, 0.2) is 53.4 Å². The van der Waals surface area contributed by atoms with Gasteiger partial charge in [0.25, 0.3) is 0 Å². The highest BCUT2D eigenvalue weighted by atomic mass is 35.5. The zero-order valence-electron chi connectivity index (χ0n) is 10.7. The summed E-state index contributed by atoms with van der Waals surface area (Å²) in [7, 11) is -1.47. The molecule has 0 saturated carbocycles. The fourth-order valence-electron chi connectivity index (χ4n) is 1.61. The Morgan fingerprint density at radius 3 is 2.55 bits per heavy atom. The molecule has 0 fully saturated rings. The molecule has 2 N–H and O–H groups in total. The van der Waals surface area contributed by atoms with Crippen molar-refractivity contribution in [2.24, 2.45) is 0 Å². The molecule has 0 spiro atoms. The highest BCUT2D eigenvalue weighted by molar-refractivity contribution is 7.99. The van der Waals surface area contributed by atoms with E-state index in [-0.39, 0.29) is 0 Å². The zero-order chi connectivity index (χ0) is 14.4. The predicted octanol–water partition coefficient (Wildman–Crippen LogP) is 2.19. The molecular formula is C14H14BClO3S. The Balaban J connectivity index is 1.78. The first-order chi connectivity index (χ1) is 9.65. The molecule has 0 aromatic heterocycles. The van der Waals surface area contributed by atoms with Gasteiger partial charge >= 0.3 is 7.12 Å². The van der Waals surface area contributed by atoms with Crippen molar-refractivity contribution in [3.63, 3.8) is 0 Å². The van der Waals surface area contributed by atoms with Crippen LogP contribution < -0.4 is 10.2 Å². The third-order valence-corrected chi connectivity index (χ3v) is 3.82. The van der Waals surface area contributed by atoms with Crippen molar-refractivity contribution >= 4 is 35.9 Å². The lowest BCUT2D eigenvalue weighted by Crippen LogP contribution is -2.29. The zero-order valence-corrected chi connectivity index (χ0v) is 12.3. The summed E-state index contributed by atoms with van der Waals surface area (Å²) in [5.74, 6) is 1.43. The number of ether oxygens (including phenoxy) is 1. The van der Waals surface area contributed by atoms with Gasteiger partial charge in [-0.3, -0.25) is 0 Å². The average Bonchev–Trinajstić information content (AvgIpc) is 2.46. The van der Waals surface area contributed by atoms with Crippen molar-refractivity contribution in [3.05, 3.63) is 53.6 Å². The molecule has 0 aliphatic heterocycles. The molecule has 6 heteroatoms. The maximum absolute atomic E-state index is 9.08. The van der Waals surface area contributed by atoms with E-state index in [0.717, 1.165) is 15.7 Å². The molecule has 2 rings (SSSR count). The molecule has 0 aliphatic rings. The lowest BCUT2D eigenvalue weighted by Gasteiger charge is -2.07. The second-order valence-corrected chi connectivity index (χ2v) is 5.70. The van der Waals surface area contributed by atoms with E-state index in [0.29, 0.717) is 17.8 Å². The van der Waals surface area contributed by atoms with Crippen LogP contribution in [0.1, 0.15) is 0 Å². The van der Waals surface area contributed by atoms with Gasteiger partial charge in [-0.25, -0.2) is 0 Å². The standard InChI is InChI=1S/C14H14BClO3S/c16-12-4-6-14(7-5-12)20-9-8-19-13-3-1-2-11(10-13)15(17)18/h1-7,10,17-18H,8-9H2. The van der Waals surface area contributed by atoms with Gasteiger partial charge in [0.15, 0.2) is 0 Å². The fraction of sp³-hybridized carbons (Fsp3) is 0.143. The molecule has 0 saturated heterocycles.